The smallest absolute Gasteiger partial charge is 0.243 e. The number of nitrogens with two attached hydrogens (primary N) is 1. The fraction of sp³-hybridized carbons (Fsp3) is 0.500. The zero-order valence-electron chi connectivity index (χ0n) is 16.6. The molecular formula is C18H27N5O3S2. The first kappa shape index (κ1) is 22.4. The highest BCUT2D eigenvalue weighted by Crippen LogP contribution is 2.30. The zero-order chi connectivity index (χ0) is 20.9. The molecule has 0 aliphatic heterocycles. The monoisotopic (exact) mass is 425 g/mol. The fourth-order valence-corrected chi connectivity index (χ4v) is 5.08. The van der Waals surface area contributed by atoms with Gasteiger partial charge in [-0.2, -0.15) is 4.31 Å². The second kappa shape index (κ2) is 9.53. The van der Waals surface area contributed by atoms with Crippen LogP contribution in [0.25, 0.3) is 11.4 Å². The molecule has 0 spiro atoms. The molecule has 2 rings (SSSR count). The van der Waals surface area contributed by atoms with Gasteiger partial charge in [0.1, 0.15) is 0 Å². The van der Waals surface area contributed by atoms with Crippen LogP contribution in [0.5, 0.6) is 0 Å². The quantitative estimate of drug-likeness (QED) is 0.586. The van der Waals surface area contributed by atoms with E-state index in [1.807, 2.05) is 38.3 Å². The van der Waals surface area contributed by atoms with Crippen molar-refractivity contribution in [3.8, 4) is 11.4 Å². The largest absolute Gasteiger partial charge is 0.369 e. The highest BCUT2D eigenvalue weighted by Gasteiger charge is 2.24. The molecule has 1 aromatic carbocycles. The normalized spacial score (nSPS) is 13.0. The van der Waals surface area contributed by atoms with E-state index in [1.165, 1.54) is 16.1 Å². The molecule has 10 heteroatoms. The number of sulfonamides is 1. The Morgan fingerprint density at radius 2 is 1.93 bits per heavy atom. The van der Waals surface area contributed by atoms with Crippen molar-refractivity contribution in [3.63, 3.8) is 0 Å². The summed E-state index contributed by atoms with van der Waals surface area (Å²) in [5.74, 6) is 0.237. The number of carbonyl (C=O) groups excluding carboxylic acids is 1. The van der Waals surface area contributed by atoms with Gasteiger partial charge >= 0.3 is 0 Å². The predicted molar refractivity (Wildman–Crippen MR) is 110 cm³/mol. The number of carbonyl (C=O) groups is 1. The maximum Gasteiger partial charge on any atom is 0.243 e. The van der Waals surface area contributed by atoms with Crippen LogP contribution in [0, 0.1) is 0 Å². The van der Waals surface area contributed by atoms with E-state index >= 15 is 0 Å². The van der Waals surface area contributed by atoms with Crippen LogP contribution in [0.4, 0.5) is 0 Å². The Morgan fingerprint density at radius 3 is 2.50 bits per heavy atom. The summed E-state index contributed by atoms with van der Waals surface area (Å²) < 4.78 is 29.1. The van der Waals surface area contributed by atoms with Gasteiger partial charge in [-0.15, -0.1) is 10.2 Å². The minimum absolute atomic E-state index is 0.0726. The van der Waals surface area contributed by atoms with Crippen molar-refractivity contribution in [2.75, 3.05) is 18.8 Å². The molecule has 0 unspecified atom stereocenters. The second-order valence-corrected chi connectivity index (χ2v) is 9.19. The van der Waals surface area contributed by atoms with Crippen LogP contribution in [-0.2, 0) is 14.8 Å². The summed E-state index contributed by atoms with van der Waals surface area (Å²) in [4.78, 5) is 11.4. The molecule has 1 atom stereocenters. The van der Waals surface area contributed by atoms with Crippen molar-refractivity contribution < 1.29 is 13.2 Å². The topological polar surface area (TPSA) is 111 Å². The minimum Gasteiger partial charge on any atom is -0.369 e. The first-order valence-electron chi connectivity index (χ1n) is 9.22. The molecule has 28 heavy (non-hydrogen) atoms. The standard InChI is InChI=1S/C18H27N5O3S2/c1-5-13(4)23-17(20-21-18(23)27-12-16(19)24)14-9-8-10-15(11-14)28(25,26)22(6-2)7-3/h8-11,13H,5-7,12H2,1-4H3,(H2,19,24)/t13-/m1/s1. The van der Waals surface area contributed by atoms with Gasteiger partial charge in [0, 0.05) is 24.7 Å². The fourth-order valence-electron chi connectivity index (χ4n) is 2.80. The van der Waals surface area contributed by atoms with Crippen LogP contribution in [0.3, 0.4) is 0 Å². The molecule has 0 aliphatic carbocycles. The van der Waals surface area contributed by atoms with Gasteiger partial charge in [0.05, 0.1) is 10.6 Å². The summed E-state index contributed by atoms with van der Waals surface area (Å²) in [6, 6.07) is 6.80. The van der Waals surface area contributed by atoms with Gasteiger partial charge in [-0.05, 0) is 25.5 Å². The summed E-state index contributed by atoms with van der Waals surface area (Å²) in [7, 11) is -3.58. The molecule has 0 saturated carbocycles. The van der Waals surface area contributed by atoms with Gasteiger partial charge in [-0.1, -0.05) is 44.7 Å². The van der Waals surface area contributed by atoms with Crippen LogP contribution < -0.4 is 5.73 Å². The predicted octanol–water partition coefficient (Wildman–Crippen LogP) is 2.52. The van der Waals surface area contributed by atoms with Crippen LogP contribution >= 0.6 is 11.8 Å². The van der Waals surface area contributed by atoms with Crippen molar-refractivity contribution in [2.24, 2.45) is 5.73 Å². The molecule has 0 radical (unpaired) electrons. The number of benzene rings is 1. The Hall–Kier alpha value is -1.91. The van der Waals surface area contributed by atoms with Crippen molar-refractivity contribution in [3.05, 3.63) is 24.3 Å². The molecule has 8 nitrogen and oxygen atoms in total. The summed E-state index contributed by atoms with van der Waals surface area (Å²) >= 11 is 1.22. The van der Waals surface area contributed by atoms with E-state index in [2.05, 4.69) is 10.2 Å². The molecule has 154 valence electrons. The Balaban J connectivity index is 2.52. The summed E-state index contributed by atoms with van der Waals surface area (Å²) in [6.45, 7) is 8.50. The Labute approximate surface area is 170 Å². The number of thioether (sulfide) groups is 1. The number of rotatable bonds is 10. The lowest BCUT2D eigenvalue weighted by molar-refractivity contribution is -0.115. The third-order valence-electron chi connectivity index (χ3n) is 4.48. The van der Waals surface area contributed by atoms with Gasteiger partial charge in [-0.3, -0.25) is 9.36 Å². The van der Waals surface area contributed by atoms with Gasteiger partial charge in [0.25, 0.3) is 0 Å². The van der Waals surface area contributed by atoms with Gasteiger partial charge < -0.3 is 5.73 Å². The Kier molecular flexibility index (Phi) is 7.62. The van der Waals surface area contributed by atoms with Crippen LogP contribution in [0.2, 0.25) is 0 Å². The lowest BCUT2D eigenvalue weighted by Gasteiger charge is -2.19. The van der Waals surface area contributed by atoms with Crippen molar-refractivity contribution >= 4 is 27.7 Å². The second-order valence-electron chi connectivity index (χ2n) is 6.31. The van der Waals surface area contributed by atoms with E-state index in [1.54, 1.807) is 18.2 Å². The molecular weight excluding hydrogens is 398 g/mol. The average molecular weight is 426 g/mol. The number of nitrogens with zero attached hydrogens (tertiary/aromatic N) is 4. The lowest BCUT2D eigenvalue weighted by atomic mass is 10.2. The third kappa shape index (κ3) is 4.73. The van der Waals surface area contributed by atoms with E-state index in [4.69, 9.17) is 5.73 Å². The van der Waals surface area contributed by atoms with Crippen LogP contribution in [0.1, 0.15) is 40.2 Å². The van der Waals surface area contributed by atoms with Crippen LogP contribution in [0.15, 0.2) is 34.3 Å². The van der Waals surface area contributed by atoms with E-state index in [9.17, 15) is 13.2 Å². The molecule has 1 aromatic heterocycles. The molecule has 2 aromatic rings. The number of amides is 1. The molecule has 2 N–H and O–H groups in total. The minimum atomic E-state index is -3.58. The molecule has 1 heterocycles. The van der Waals surface area contributed by atoms with E-state index < -0.39 is 15.9 Å². The number of hydrogen-bond acceptors (Lipinski definition) is 6. The summed E-state index contributed by atoms with van der Waals surface area (Å²) in [5.41, 5.74) is 5.91. The SMILES string of the molecule is CC[C@@H](C)n1c(SCC(N)=O)nnc1-c1cccc(S(=O)(=O)N(CC)CC)c1. The highest BCUT2D eigenvalue weighted by molar-refractivity contribution is 7.99. The summed E-state index contributed by atoms with van der Waals surface area (Å²) in [5, 5.41) is 9.06. The van der Waals surface area contributed by atoms with Crippen LogP contribution in [-0.4, -0.2) is 52.2 Å². The van der Waals surface area contributed by atoms with Gasteiger partial charge in [0.15, 0.2) is 11.0 Å². The Morgan fingerprint density at radius 1 is 1.25 bits per heavy atom. The number of aromatic nitrogens is 3. The number of hydrogen-bond donors (Lipinski definition) is 1. The first-order chi connectivity index (χ1) is 13.3. The zero-order valence-corrected chi connectivity index (χ0v) is 18.3. The van der Waals surface area contributed by atoms with Crippen molar-refractivity contribution in [2.45, 2.75) is 50.2 Å². The van der Waals surface area contributed by atoms with Gasteiger partial charge in [0.2, 0.25) is 15.9 Å². The third-order valence-corrected chi connectivity index (χ3v) is 7.49. The molecule has 0 bridgehead atoms. The van der Waals surface area contributed by atoms with E-state index in [0.717, 1.165) is 6.42 Å². The van der Waals surface area contributed by atoms with Gasteiger partial charge in [-0.25, -0.2) is 8.42 Å². The lowest BCUT2D eigenvalue weighted by Crippen LogP contribution is -2.30. The highest BCUT2D eigenvalue weighted by atomic mass is 32.2. The maximum absolute atomic E-state index is 12.9. The molecule has 1 amide bonds. The Bertz CT molecular complexity index is 923. The summed E-state index contributed by atoms with van der Waals surface area (Å²) in [6.07, 6.45) is 0.826. The van der Waals surface area contributed by atoms with E-state index in [0.29, 0.717) is 29.6 Å². The number of primary amides is 1. The average Bonchev–Trinajstić information content (AvgIpc) is 3.10. The maximum atomic E-state index is 12.9. The molecule has 0 fully saturated rings. The van der Waals surface area contributed by atoms with Crippen molar-refractivity contribution in [1.29, 1.82) is 0 Å². The van der Waals surface area contributed by atoms with E-state index in [-0.39, 0.29) is 16.7 Å². The molecule has 0 saturated heterocycles. The molecule has 0 aliphatic rings. The van der Waals surface area contributed by atoms with Crippen molar-refractivity contribution in [1.82, 2.24) is 19.1 Å². The first-order valence-corrected chi connectivity index (χ1v) is 11.6.